The lowest BCUT2D eigenvalue weighted by Crippen LogP contribution is -2.19. The molecule has 0 radical (unpaired) electrons. The van der Waals surface area contributed by atoms with Crippen LogP contribution in [-0.2, 0) is 10.0 Å². The molecule has 96 valence electrons. The Hall–Kier alpha value is -1.27. The molecule has 0 saturated heterocycles. The maximum atomic E-state index is 11.2. The maximum Gasteiger partial charge on any atom is 0.240 e. The molecule has 4 N–H and O–H groups in total. The zero-order valence-electron chi connectivity index (χ0n) is 10.2. The molecule has 0 bridgehead atoms. The molecule has 0 aromatic heterocycles. The van der Waals surface area contributed by atoms with E-state index in [2.05, 4.69) is 0 Å². The molecule has 5 nitrogen and oxygen atoms in total. The third-order valence-corrected chi connectivity index (χ3v) is 3.53. The van der Waals surface area contributed by atoms with Gasteiger partial charge in [-0.3, -0.25) is 0 Å². The summed E-state index contributed by atoms with van der Waals surface area (Å²) in [6.45, 7) is 6.01. The molecule has 0 fully saturated rings. The first-order valence-electron chi connectivity index (χ1n) is 5.31. The van der Waals surface area contributed by atoms with Gasteiger partial charge in [-0.25, -0.2) is 13.6 Å². The van der Waals surface area contributed by atoms with Crippen molar-refractivity contribution in [3.63, 3.8) is 0 Å². The van der Waals surface area contributed by atoms with E-state index in [1.54, 1.807) is 6.07 Å². The van der Waals surface area contributed by atoms with Gasteiger partial charge in [0, 0.05) is 6.07 Å². The Balaban J connectivity index is 2.98. The Morgan fingerprint density at radius 3 is 2.24 bits per heavy atom. The second kappa shape index (κ2) is 4.93. The smallest absolute Gasteiger partial charge is 0.240 e. The summed E-state index contributed by atoms with van der Waals surface area (Å²) >= 11 is 0. The Bertz CT molecular complexity index is 497. The molecule has 1 aromatic rings. The van der Waals surface area contributed by atoms with Crippen molar-refractivity contribution in [3.8, 4) is 5.75 Å². The molecule has 0 heterocycles. The first kappa shape index (κ1) is 13.8. The third kappa shape index (κ3) is 3.61. The van der Waals surface area contributed by atoms with Crippen LogP contribution in [0.1, 0.15) is 20.8 Å². The van der Waals surface area contributed by atoms with E-state index in [-0.39, 0.29) is 16.7 Å². The second-order valence-electron chi connectivity index (χ2n) is 4.31. The molecule has 0 amide bonds. The van der Waals surface area contributed by atoms with E-state index in [1.807, 2.05) is 20.8 Å². The highest BCUT2D eigenvalue weighted by Gasteiger charge is 2.14. The van der Waals surface area contributed by atoms with Crippen LogP contribution in [0.15, 0.2) is 23.1 Å². The van der Waals surface area contributed by atoms with Crippen molar-refractivity contribution in [2.24, 2.45) is 11.1 Å². The molecule has 1 aromatic carbocycles. The predicted octanol–water partition coefficient (Wildman–Crippen LogP) is 1.34. The van der Waals surface area contributed by atoms with E-state index in [4.69, 9.17) is 15.6 Å². The van der Waals surface area contributed by atoms with Crippen molar-refractivity contribution < 1.29 is 13.2 Å². The van der Waals surface area contributed by atoms with Gasteiger partial charge < -0.3 is 10.5 Å². The van der Waals surface area contributed by atoms with Gasteiger partial charge in [-0.15, -0.1) is 0 Å². The number of rotatable bonds is 4. The van der Waals surface area contributed by atoms with Crippen LogP contribution in [-0.4, -0.2) is 14.5 Å². The molecular weight excluding hydrogens is 240 g/mol. The standard InChI is InChI=1S/C11H18N2O3S/c1-7(2)8(3)16-9-4-5-11(10(12)6-9)17(13,14)15/h4-8H,12H2,1-3H3,(H2,13,14,15). The summed E-state index contributed by atoms with van der Waals surface area (Å²) in [5.41, 5.74) is 5.72. The second-order valence-corrected chi connectivity index (χ2v) is 5.84. The normalized spacial score (nSPS) is 13.7. The number of benzene rings is 1. The Morgan fingerprint density at radius 1 is 1.24 bits per heavy atom. The van der Waals surface area contributed by atoms with Crippen LogP contribution in [0.5, 0.6) is 5.75 Å². The van der Waals surface area contributed by atoms with Crippen molar-refractivity contribution in [3.05, 3.63) is 18.2 Å². The fraction of sp³-hybridized carbons (Fsp3) is 0.455. The zero-order chi connectivity index (χ0) is 13.2. The summed E-state index contributed by atoms with van der Waals surface area (Å²) in [4.78, 5) is -0.0814. The largest absolute Gasteiger partial charge is 0.490 e. The van der Waals surface area contributed by atoms with Crippen LogP contribution >= 0.6 is 0 Å². The van der Waals surface area contributed by atoms with Gasteiger partial charge in [0.05, 0.1) is 11.8 Å². The van der Waals surface area contributed by atoms with Crippen LogP contribution in [0.25, 0.3) is 0 Å². The minimum Gasteiger partial charge on any atom is -0.490 e. The van der Waals surface area contributed by atoms with Crippen molar-refractivity contribution in [2.75, 3.05) is 5.73 Å². The lowest BCUT2D eigenvalue weighted by atomic mass is 10.1. The molecule has 0 aliphatic carbocycles. The number of hydrogen-bond donors (Lipinski definition) is 2. The number of sulfonamides is 1. The minimum absolute atomic E-state index is 0.0229. The van der Waals surface area contributed by atoms with Crippen LogP contribution < -0.4 is 15.6 Å². The average Bonchev–Trinajstić information content (AvgIpc) is 2.15. The molecular formula is C11H18N2O3S. The summed E-state index contributed by atoms with van der Waals surface area (Å²) in [5.74, 6) is 0.894. The molecule has 17 heavy (non-hydrogen) atoms. The highest BCUT2D eigenvalue weighted by molar-refractivity contribution is 7.89. The van der Waals surface area contributed by atoms with E-state index < -0.39 is 10.0 Å². The van der Waals surface area contributed by atoms with Crippen LogP contribution in [0.3, 0.4) is 0 Å². The van der Waals surface area contributed by atoms with E-state index in [1.165, 1.54) is 12.1 Å². The van der Waals surface area contributed by atoms with Crippen molar-refractivity contribution in [1.82, 2.24) is 0 Å². The van der Waals surface area contributed by atoms with E-state index in [9.17, 15) is 8.42 Å². The molecule has 0 spiro atoms. The van der Waals surface area contributed by atoms with E-state index in [0.29, 0.717) is 11.7 Å². The lowest BCUT2D eigenvalue weighted by Gasteiger charge is -2.18. The predicted molar refractivity (Wildman–Crippen MR) is 67.2 cm³/mol. The summed E-state index contributed by atoms with van der Waals surface area (Å²) in [7, 11) is -3.78. The molecule has 0 saturated carbocycles. The lowest BCUT2D eigenvalue weighted by molar-refractivity contribution is 0.170. The summed E-state index contributed by atoms with van der Waals surface area (Å²) < 4.78 is 27.9. The fourth-order valence-electron chi connectivity index (χ4n) is 1.21. The van der Waals surface area contributed by atoms with Gasteiger partial charge in [0.1, 0.15) is 10.6 Å². The molecule has 0 aliphatic rings. The quantitative estimate of drug-likeness (QED) is 0.796. The van der Waals surface area contributed by atoms with Crippen molar-refractivity contribution in [2.45, 2.75) is 31.8 Å². The number of hydrogen-bond acceptors (Lipinski definition) is 4. The van der Waals surface area contributed by atoms with Gasteiger partial charge in [0.2, 0.25) is 10.0 Å². The van der Waals surface area contributed by atoms with Gasteiger partial charge in [0.25, 0.3) is 0 Å². The number of ether oxygens (including phenoxy) is 1. The van der Waals surface area contributed by atoms with E-state index >= 15 is 0 Å². The fourth-order valence-corrected chi connectivity index (χ4v) is 1.85. The van der Waals surface area contributed by atoms with Gasteiger partial charge in [-0.1, -0.05) is 13.8 Å². The van der Waals surface area contributed by atoms with Crippen LogP contribution in [0.2, 0.25) is 0 Å². The molecule has 1 unspecified atom stereocenters. The highest BCUT2D eigenvalue weighted by Crippen LogP contribution is 2.24. The van der Waals surface area contributed by atoms with Crippen molar-refractivity contribution >= 4 is 15.7 Å². The van der Waals surface area contributed by atoms with Gasteiger partial charge in [-0.05, 0) is 25.0 Å². The number of nitrogens with two attached hydrogens (primary N) is 2. The number of anilines is 1. The topological polar surface area (TPSA) is 95.4 Å². The van der Waals surface area contributed by atoms with Gasteiger partial charge >= 0.3 is 0 Å². The van der Waals surface area contributed by atoms with Crippen molar-refractivity contribution in [1.29, 1.82) is 0 Å². The molecule has 0 aliphatic heterocycles. The Kier molecular flexibility index (Phi) is 4.00. The monoisotopic (exact) mass is 258 g/mol. The Labute approximate surface area is 102 Å². The molecule has 1 rings (SSSR count). The first-order chi connectivity index (χ1) is 7.71. The SMILES string of the molecule is CC(C)C(C)Oc1ccc(S(N)(=O)=O)c(N)c1. The molecule has 1 atom stereocenters. The highest BCUT2D eigenvalue weighted by atomic mass is 32.2. The average molecular weight is 258 g/mol. The van der Waals surface area contributed by atoms with Crippen LogP contribution in [0.4, 0.5) is 5.69 Å². The van der Waals surface area contributed by atoms with Gasteiger partial charge in [0.15, 0.2) is 0 Å². The first-order valence-corrected chi connectivity index (χ1v) is 6.85. The summed E-state index contributed by atoms with van der Waals surface area (Å²) in [6, 6.07) is 4.38. The minimum atomic E-state index is -3.78. The number of primary sulfonamides is 1. The number of nitrogen functional groups attached to an aromatic ring is 1. The summed E-state index contributed by atoms with van der Waals surface area (Å²) in [5, 5.41) is 5.01. The molecule has 6 heteroatoms. The van der Waals surface area contributed by atoms with Gasteiger partial charge in [-0.2, -0.15) is 0 Å². The maximum absolute atomic E-state index is 11.2. The zero-order valence-corrected chi connectivity index (χ0v) is 11.0. The van der Waals surface area contributed by atoms with Crippen LogP contribution in [0, 0.1) is 5.92 Å². The third-order valence-electron chi connectivity index (χ3n) is 2.55. The summed E-state index contributed by atoms with van der Waals surface area (Å²) in [6.07, 6.45) is 0.0229. The Morgan fingerprint density at radius 2 is 1.82 bits per heavy atom. The van der Waals surface area contributed by atoms with E-state index in [0.717, 1.165) is 0 Å².